The van der Waals surface area contributed by atoms with Crippen LogP contribution in [-0.2, 0) is 9.59 Å². The van der Waals surface area contributed by atoms with Crippen LogP contribution in [0.5, 0.6) is 11.5 Å². The van der Waals surface area contributed by atoms with Crippen LogP contribution in [0.4, 0.5) is 0 Å². The van der Waals surface area contributed by atoms with E-state index in [1.165, 1.54) is 0 Å². The molecule has 2 aliphatic heterocycles. The van der Waals surface area contributed by atoms with Crippen molar-refractivity contribution in [1.29, 1.82) is 0 Å². The molecule has 0 spiro atoms. The molecule has 0 N–H and O–H groups in total. The number of nitrogens with zero attached hydrogens (tertiary/aromatic N) is 6. The van der Waals surface area contributed by atoms with Crippen molar-refractivity contribution in [2.24, 2.45) is 11.8 Å². The summed E-state index contributed by atoms with van der Waals surface area (Å²) in [5.74, 6) is 2.15. The maximum atomic E-state index is 13.5. The second-order valence-corrected chi connectivity index (χ2v) is 17.7. The summed E-state index contributed by atoms with van der Waals surface area (Å²) in [5.41, 5.74) is 3.71. The summed E-state index contributed by atoms with van der Waals surface area (Å²) in [6.07, 6.45) is 6.95. The summed E-state index contributed by atoms with van der Waals surface area (Å²) >= 11 is 12.2. The molecule has 2 unspecified atom stereocenters. The molecule has 8 rings (SSSR count). The van der Waals surface area contributed by atoms with Gasteiger partial charge in [-0.05, 0) is 136 Å². The molecule has 66 heavy (non-hydrogen) atoms. The third-order valence-corrected chi connectivity index (χ3v) is 13.0. The van der Waals surface area contributed by atoms with Crippen molar-refractivity contribution in [2.75, 3.05) is 66.6 Å². The lowest BCUT2D eigenvalue weighted by Gasteiger charge is -2.35. The number of amides is 2. The van der Waals surface area contributed by atoms with E-state index in [-0.39, 0.29) is 35.7 Å². The van der Waals surface area contributed by atoms with Gasteiger partial charge >= 0.3 is 0 Å². The molecule has 4 heterocycles. The van der Waals surface area contributed by atoms with E-state index >= 15 is 0 Å². The Morgan fingerprint density at radius 3 is 1.21 bits per heavy atom. The Balaban J connectivity index is 0.000000196. The number of hydrogen-bond acceptors (Lipinski definition) is 8. The monoisotopic (exact) mass is 926 g/mol. The van der Waals surface area contributed by atoms with E-state index in [0.29, 0.717) is 23.3 Å². The number of halogens is 2. The van der Waals surface area contributed by atoms with Crippen LogP contribution in [0.1, 0.15) is 60.3 Å². The lowest BCUT2D eigenvalue weighted by molar-refractivity contribution is -0.138. The molecule has 2 fully saturated rings. The summed E-state index contributed by atoms with van der Waals surface area (Å²) in [7, 11) is 3.77. The minimum atomic E-state index is -0.242. The Labute approximate surface area is 400 Å². The van der Waals surface area contributed by atoms with Crippen molar-refractivity contribution in [3.05, 3.63) is 191 Å². The Morgan fingerprint density at radius 2 is 0.879 bits per heavy atom. The van der Waals surface area contributed by atoms with E-state index in [2.05, 4.69) is 19.8 Å². The number of carbonyl (C=O) groups is 2. The summed E-state index contributed by atoms with van der Waals surface area (Å²) in [6, 6.07) is 46.3. The topological polar surface area (TPSA) is 91.3 Å². The van der Waals surface area contributed by atoms with Crippen molar-refractivity contribution in [1.82, 2.24) is 29.6 Å². The number of ether oxygens (including phenoxy) is 2. The van der Waals surface area contributed by atoms with Crippen molar-refractivity contribution in [2.45, 2.75) is 37.8 Å². The van der Waals surface area contributed by atoms with Gasteiger partial charge in [0, 0.05) is 61.5 Å². The number of likely N-dealkylation sites (tertiary alicyclic amines) is 2. The predicted octanol–water partition coefficient (Wildman–Crippen LogP) is 10.1. The van der Waals surface area contributed by atoms with Gasteiger partial charge in [-0.15, -0.1) is 0 Å². The second kappa shape index (κ2) is 24.7. The molecule has 2 saturated heterocycles. The number of pyridine rings is 2. The third kappa shape index (κ3) is 13.6. The molecular weight excluding hydrogens is 868 g/mol. The first kappa shape index (κ1) is 48.2. The zero-order valence-corrected chi connectivity index (χ0v) is 39.4. The highest BCUT2D eigenvalue weighted by atomic mass is 35.5. The maximum Gasteiger partial charge on any atom is 0.226 e. The molecule has 12 heteroatoms. The zero-order chi connectivity index (χ0) is 46.1. The van der Waals surface area contributed by atoms with Gasteiger partial charge in [0.05, 0.1) is 23.5 Å². The number of piperidine rings is 2. The smallest absolute Gasteiger partial charge is 0.226 e. The van der Waals surface area contributed by atoms with Crippen LogP contribution < -0.4 is 9.47 Å². The molecule has 4 aromatic carbocycles. The van der Waals surface area contributed by atoms with Gasteiger partial charge in [-0.2, -0.15) is 0 Å². The van der Waals surface area contributed by atoms with Crippen LogP contribution in [0.3, 0.4) is 0 Å². The Bertz CT molecular complexity index is 2180. The maximum absolute atomic E-state index is 13.5. The van der Waals surface area contributed by atoms with Crippen molar-refractivity contribution >= 4 is 35.0 Å². The fourth-order valence-corrected chi connectivity index (χ4v) is 9.06. The lowest BCUT2D eigenvalue weighted by atomic mass is 9.93. The highest BCUT2D eigenvalue weighted by Crippen LogP contribution is 2.32. The Kier molecular flexibility index (Phi) is 18.0. The van der Waals surface area contributed by atoms with Crippen molar-refractivity contribution < 1.29 is 19.1 Å². The summed E-state index contributed by atoms with van der Waals surface area (Å²) in [5, 5.41) is 1.35. The molecule has 2 atom stereocenters. The number of aromatic nitrogens is 2. The Hall–Kier alpha value is -5.78. The van der Waals surface area contributed by atoms with E-state index < -0.39 is 0 Å². The van der Waals surface area contributed by atoms with E-state index in [1.54, 1.807) is 12.4 Å². The predicted molar refractivity (Wildman–Crippen MR) is 263 cm³/mol. The average Bonchev–Trinajstić information content (AvgIpc) is 3.37. The first-order chi connectivity index (χ1) is 32.2. The number of hydrogen-bond donors (Lipinski definition) is 0. The molecule has 2 aliphatic rings. The van der Waals surface area contributed by atoms with Crippen molar-refractivity contribution in [3.63, 3.8) is 0 Å². The van der Waals surface area contributed by atoms with Crippen LogP contribution in [0.2, 0.25) is 10.0 Å². The van der Waals surface area contributed by atoms with E-state index in [0.717, 1.165) is 99.0 Å². The standard InChI is InChI=1S/2C27H30ClN3O2/c2*1-30(26(25-9-5-6-16-29-25)21-10-12-23(28)13-11-21)27(32)22-14-17-31(18-15-22)19-20-33-24-7-3-2-4-8-24/h2*2-13,16,22,26H,14-15,17-20H2,1H3. The highest BCUT2D eigenvalue weighted by Gasteiger charge is 2.33. The largest absolute Gasteiger partial charge is 0.492 e. The minimum Gasteiger partial charge on any atom is -0.492 e. The van der Waals surface area contributed by atoms with E-state index in [4.69, 9.17) is 32.7 Å². The van der Waals surface area contributed by atoms with Gasteiger partial charge in [0.2, 0.25) is 11.8 Å². The molecule has 0 bridgehead atoms. The summed E-state index contributed by atoms with van der Waals surface area (Å²) in [6.45, 7) is 6.64. The number of carbonyl (C=O) groups excluding carboxylic acids is 2. The van der Waals surface area contributed by atoms with Gasteiger partial charge in [-0.3, -0.25) is 29.4 Å². The number of para-hydroxylation sites is 2. The van der Waals surface area contributed by atoms with Crippen LogP contribution in [0, 0.1) is 11.8 Å². The molecule has 0 aliphatic carbocycles. The van der Waals surface area contributed by atoms with Gasteiger partial charge in [0.1, 0.15) is 24.7 Å². The van der Waals surface area contributed by atoms with Gasteiger partial charge in [0.25, 0.3) is 0 Å². The average molecular weight is 928 g/mol. The van der Waals surface area contributed by atoms with Gasteiger partial charge < -0.3 is 19.3 Å². The van der Waals surface area contributed by atoms with E-state index in [1.807, 2.05) is 169 Å². The minimum absolute atomic E-state index is 0.0137. The number of benzene rings is 4. The second-order valence-electron chi connectivity index (χ2n) is 16.9. The Morgan fingerprint density at radius 1 is 0.530 bits per heavy atom. The van der Waals surface area contributed by atoms with Gasteiger partial charge in [0.15, 0.2) is 0 Å². The lowest BCUT2D eigenvalue weighted by Crippen LogP contribution is -2.43. The molecular formula is C54H60Cl2N6O4. The van der Waals surface area contributed by atoms with Gasteiger partial charge in [-0.25, -0.2) is 0 Å². The number of rotatable bonds is 16. The highest BCUT2D eigenvalue weighted by molar-refractivity contribution is 6.30. The first-order valence-corrected chi connectivity index (χ1v) is 23.7. The quantitative estimate of drug-likeness (QED) is 0.0948. The van der Waals surface area contributed by atoms with E-state index in [9.17, 15) is 9.59 Å². The van der Waals surface area contributed by atoms with Crippen molar-refractivity contribution in [3.8, 4) is 11.5 Å². The van der Waals surface area contributed by atoms with Crippen LogP contribution in [0.25, 0.3) is 0 Å². The van der Waals surface area contributed by atoms with Crippen LogP contribution >= 0.6 is 23.2 Å². The molecule has 6 aromatic rings. The molecule has 0 radical (unpaired) electrons. The normalized spacial score (nSPS) is 15.7. The van der Waals surface area contributed by atoms with Crippen LogP contribution in [-0.4, -0.2) is 108 Å². The zero-order valence-electron chi connectivity index (χ0n) is 37.9. The molecule has 2 aromatic heterocycles. The third-order valence-electron chi connectivity index (χ3n) is 12.5. The summed E-state index contributed by atoms with van der Waals surface area (Å²) < 4.78 is 11.7. The van der Waals surface area contributed by atoms with Gasteiger partial charge in [-0.1, -0.05) is 96.0 Å². The molecule has 0 saturated carbocycles. The molecule has 10 nitrogen and oxygen atoms in total. The fourth-order valence-electron chi connectivity index (χ4n) is 8.81. The fraction of sp³-hybridized carbons (Fsp3) is 0.333. The SMILES string of the molecule is CN(C(=O)C1CCN(CCOc2ccccc2)CC1)C(c1ccc(Cl)cc1)c1ccccn1.CN(C(=O)C1CCN(CCOc2ccccc2)CC1)C(c1ccc(Cl)cc1)c1ccccn1. The summed E-state index contributed by atoms with van der Waals surface area (Å²) in [4.78, 5) is 44.5. The van der Waals surface area contributed by atoms with Crippen LogP contribution in [0.15, 0.2) is 158 Å². The first-order valence-electron chi connectivity index (χ1n) is 22.9. The molecule has 2 amide bonds. The molecule has 344 valence electrons.